The van der Waals surface area contributed by atoms with Gasteiger partial charge in [0.25, 0.3) is 0 Å². The minimum Gasteiger partial charge on any atom is -0.354 e. The Balaban J connectivity index is 1.41. The molecular weight excluding hydrogens is 294 g/mol. The van der Waals surface area contributed by atoms with E-state index in [0.29, 0.717) is 0 Å². The maximum atomic E-state index is 4.83. The zero-order valence-electron chi connectivity index (χ0n) is 14.2. The lowest BCUT2D eigenvalue weighted by Gasteiger charge is -2.35. The van der Waals surface area contributed by atoms with Gasteiger partial charge in [0.05, 0.1) is 5.52 Å². The number of pyridine rings is 1. The molecule has 0 radical (unpaired) electrons. The van der Waals surface area contributed by atoms with Crippen LogP contribution < -0.4 is 4.90 Å². The van der Waals surface area contributed by atoms with Crippen LogP contribution in [0.15, 0.2) is 60.7 Å². The Labute approximate surface area is 143 Å². The largest absolute Gasteiger partial charge is 0.354 e. The van der Waals surface area contributed by atoms with Crippen molar-refractivity contribution >= 4 is 16.7 Å². The number of aryl methyl sites for hydroxylation is 1. The number of piperazine rings is 1. The molecule has 2 aromatic carbocycles. The van der Waals surface area contributed by atoms with Gasteiger partial charge < -0.3 is 4.90 Å². The van der Waals surface area contributed by atoms with Crippen molar-refractivity contribution in [2.45, 2.75) is 13.5 Å². The third-order valence-electron chi connectivity index (χ3n) is 4.77. The van der Waals surface area contributed by atoms with Gasteiger partial charge in [0.2, 0.25) is 0 Å². The van der Waals surface area contributed by atoms with E-state index in [2.05, 4.69) is 77.4 Å². The summed E-state index contributed by atoms with van der Waals surface area (Å²) in [6.07, 6.45) is 0. The van der Waals surface area contributed by atoms with E-state index in [1.54, 1.807) is 0 Å². The van der Waals surface area contributed by atoms with Crippen LogP contribution in [0.25, 0.3) is 10.9 Å². The first-order valence-electron chi connectivity index (χ1n) is 8.66. The van der Waals surface area contributed by atoms with E-state index in [4.69, 9.17) is 4.98 Å². The van der Waals surface area contributed by atoms with Gasteiger partial charge in [-0.05, 0) is 30.7 Å². The quantitative estimate of drug-likeness (QED) is 0.731. The first-order chi connectivity index (χ1) is 11.8. The number of para-hydroxylation sites is 1. The van der Waals surface area contributed by atoms with E-state index in [-0.39, 0.29) is 0 Å². The van der Waals surface area contributed by atoms with Crippen LogP contribution in [0.2, 0.25) is 0 Å². The lowest BCUT2D eigenvalue weighted by Crippen LogP contribution is -2.46. The summed E-state index contributed by atoms with van der Waals surface area (Å²) in [5.74, 6) is 1.10. The van der Waals surface area contributed by atoms with Crippen LogP contribution in [0.4, 0.5) is 5.82 Å². The third kappa shape index (κ3) is 3.26. The second-order valence-corrected chi connectivity index (χ2v) is 6.61. The van der Waals surface area contributed by atoms with E-state index in [1.807, 2.05) is 0 Å². The van der Waals surface area contributed by atoms with Crippen molar-refractivity contribution in [3.63, 3.8) is 0 Å². The highest BCUT2D eigenvalue weighted by Crippen LogP contribution is 2.19. The molecule has 24 heavy (non-hydrogen) atoms. The normalized spacial score (nSPS) is 15.8. The number of hydrogen-bond acceptors (Lipinski definition) is 3. The maximum absolute atomic E-state index is 4.83. The molecule has 0 aliphatic carbocycles. The maximum Gasteiger partial charge on any atom is 0.129 e. The van der Waals surface area contributed by atoms with E-state index >= 15 is 0 Å². The van der Waals surface area contributed by atoms with E-state index in [9.17, 15) is 0 Å². The van der Waals surface area contributed by atoms with Gasteiger partial charge in [-0.3, -0.25) is 4.90 Å². The molecular formula is C21H23N3. The fourth-order valence-electron chi connectivity index (χ4n) is 3.44. The first kappa shape index (κ1) is 15.2. The molecule has 3 aromatic rings. The zero-order chi connectivity index (χ0) is 16.4. The van der Waals surface area contributed by atoms with Crippen molar-refractivity contribution in [1.29, 1.82) is 0 Å². The molecule has 1 aliphatic rings. The summed E-state index contributed by atoms with van der Waals surface area (Å²) in [6, 6.07) is 21.5. The average Bonchev–Trinajstić information content (AvgIpc) is 2.62. The summed E-state index contributed by atoms with van der Waals surface area (Å²) < 4.78 is 0. The Morgan fingerprint density at radius 1 is 0.875 bits per heavy atom. The zero-order valence-corrected chi connectivity index (χ0v) is 14.2. The predicted octanol–water partition coefficient (Wildman–Crippen LogP) is 3.87. The Bertz CT molecular complexity index is 835. The summed E-state index contributed by atoms with van der Waals surface area (Å²) in [6.45, 7) is 7.45. The van der Waals surface area contributed by atoms with Crippen molar-refractivity contribution < 1.29 is 0 Å². The summed E-state index contributed by atoms with van der Waals surface area (Å²) in [5, 5.41) is 1.21. The van der Waals surface area contributed by atoms with Gasteiger partial charge in [-0.2, -0.15) is 0 Å². The fraction of sp³-hybridized carbons (Fsp3) is 0.286. The Hall–Kier alpha value is -2.39. The van der Waals surface area contributed by atoms with Crippen LogP contribution in [0, 0.1) is 6.92 Å². The standard InChI is InChI=1S/C21H23N3/c1-17-5-4-6-18(15-17)16-23-11-13-24(14-12-23)21-10-9-19-7-2-3-8-20(19)22-21/h2-10,15H,11-14,16H2,1H3. The lowest BCUT2D eigenvalue weighted by molar-refractivity contribution is 0.249. The molecule has 0 N–H and O–H groups in total. The number of benzene rings is 2. The van der Waals surface area contributed by atoms with E-state index < -0.39 is 0 Å². The van der Waals surface area contributed by atoms with Gasteiger partial charge >= 0.3 is 0 Å². The molecule has 0 unspecified atom stereocenters. The molecule has 1 aliphatic heterocycles. The molecule has 0 saturated carbocycles. The number of fused-ring (bicyclic) bond motifs is 1. The van der Waals surface area contributed by atoms with E-state index in [1.165, 1.54) is 16.5 Å². The predicted molar refractivity (Wildman–Crippen MR) is 100 cm³/mol. The van der Waals surface area contributed by atoms with Crippen molar-refractivity contribution in [2.75, 3.05) is 31.1 Å². The van der Waals surface area contributed by atoms with Crippen LogP contribution in [0.5, 0.6) is 0 Å². The van der Waals surface area contributed by atoms with Gasteiger partial charge in [-0.15, -0.1) is 0 Å². The van der Waals surface area contributed by atoms with Crippen LogP contribution >= 0.6 is 0 Å². The molecule has 1 fully saturated rings. The van der Waals surface area contributed by atoms with Crippen molar-refractivity contribution in [1.82, 2.24) is 9.88 Å². The molecule has 0 spiro atoms. The van der Waals surface area contributed by atoms with E-state index in [0.717, 1.165) is 44.1 Å². The monoisotopic (exact) mass is 317 g/mol. The number of nitrogens with zero attached hydrogens (tertiary/aromatic N) is 3. The number of rotatable bonds is 3. The Morgan fingerprint density at radius 3 is 2.54 bits per heavy atom. The van der Waals surface area contributed by atoms with Gasteiger partial charge in [0, 0.05) is 38.1 Å². The molecule has 1 aromatic heterocycles. The highest BCUT2D eigenvalue weighted by Gasteiger charge is 2.18. The summed E-state index contributed by atoms with van der Waals surface area (Å²) in [7, 11) is 0. The minimum atomic E-state index is 1.04. The molecule has 0 amide bonds. The topological polar surface area (TPSA) is 19.4 Å². The summed E-state index contributed by atoms with van der Waals surface area (Å²) in [4.78, 5) is 9.76. The van der Waals surface area contributed by atoms with Gasteiger partial charge in [0.15, 0.2) is 0 Å². The molecule has 0 bridgehead atoms. The molecule has 2 heterocycles. The van der Waals surface area contributed by atoms with Gasteiger partial charge in [-0.1, -0.05) is 48.0 Å². The lowest BCUT2D eigenvalue weighted by atomic mass is 10.1. The second-order valence-electron chi connectivity index (χ2n) is 6.61. The van der Waals surface area contributed by atoms with Crippen molar-refractivity contribution in [3.05, 3.63) is 71.8 Å². The number of hydrogen-bond donors (Lipinski definition) is 0. The molecule has 122 valence electrons. The Morgan fingerprint density at radius 2 is 1.71 bits per heavy atom. The molecule has 3 nitrogen and oxygen atoms in total. The van der Waals surface area contributed by atoms with Crippen LogP contribution in [-0.4, -0.2) is 36.1 Å². The number of anilines is 1. The first-order valence-corrected chi connectivity index (χ1v) is 8.66. The minimum absolute atomic E-state index is 1.04. The average molecular weight is 317 g/mol. The van der Waals surface area contributed by atoms with Crippen LogP contribution in [0.3, 0.4) is 0 Å². The highest BCUT2D eigenvalue weighted by atomic mass is 15.3. The summed E-state index contributed by atoms with van der Waals surface area (Å²) in [5.41, 5.74) is 3.83. The second kappa shape index (κ2) is 6.62. The fourth-order valence-corrected chi connectivity index (χ4v) is 3.44. The van der Waals surface area contributed by atoms with Gasteiger partial charge in [0.1, 0.15) is 5.82 Å². The highest BCUT2D eigenvalue weighted by molar-refractivity contribution is 5.80. The number of aromatic nitrogens is 1. The van der Waals surface area contributed by atoms with Crippen LogP contribution in [-0.2, 0) is 6.54 Å². The Kier molecular flexibility index (Phi) is 4.18. The van der Waals surface area contributed by atoms with Crippen molar-refractivity contribution in [3.8, 4) is 0 Å². The molecule has 0 atom stereocenters. The smallest absolute Gasteiger partial charge is 0.129 e. The molecule has 3 heteroatoms. The third-order valence-corrected chi connectivity index (χ3v) is 4.77. The molecule has 1 saturated heterocycles. The SMILES string of the molecule is Cc1cccc(CN2CCN(c3ccc4ccccc4n3)CC2)c1. The molecule has 4 rings (SSSR count). The van der Waals surface area contributed by atoms with Gasteiger partial charge in [-0.25, -0.2) is 4.98 Å². The van der Waals surface area contributed by atoms with Crippen LogP contribution in [0.1, 0.15) is 11.1 Å². The van der Waals surface area contributed by atoms with Crippen molar-refractivity contribution in [2.24, 2.45) is 0 Å². The summed E-state index contributed by atoms with van der Waals surface area (Å²) >= 11 is 0.